The minimum absolute atomic E-state index is 0.186. The molecule has 34 heavy (non-hydrogen) atoms. The summed E-state index contributed by atoms with van der Waals surface area (Å²) >= 11 is 0. The Kier molecular flexibility index (Phi) is 5.80. The molecule has 0 saturated heterocycles. The van der Waals surface area contributed by atoms with E-state index in [1.54, 1.807) is 60.7 Å². The average Bonchev–Trinajstić information content (AvgIpc) is 3.41. The Morgan fingerprint density at radius 3 is 2.00 bits per heavy atom. The third-order valence-electron chi connectivity index (χ3n) is 5.10. The molecule has 168 valence electrons. The molecule has 0 fully saturated rings. The fraction of sp³-hybridized carbons (Fsp3) is 0. The zero-order valence-electron chi connectivity index (χ0n) is 17.9. The van der Waals surface area contributed by atoms with Crippen molar-refractivity contribution in [3.8, 4) is 28.6 Å². The Bertz CT molecular complexity index is 1470. The second-order valence-corrected chi connectivity index (χ2v) is 9.12. The number of sulfonamides is 1. The first-order chi connectivity index (χ1) is 16.6. The summed E-state index contributed by atoms with van der Waals surface area (Å²) in [7, 11) is -3.73. The third kappa shape index (κ3) is 4.82. The minimum atomic E-state index is -3.73. The van der Waals surface area contributed by atoms with Gasteiger partial charge in [0.05, 0.1) is 4.90 Å². The van der Waals surface area contributed by atoms with Crippen molar-refractivity contribution >= 4 is 15.7 Å². The second-order valence-electron chi connectivity index (χ2n) is 7.44. The van der Waals surface area contributed by atoms with Gasteiger partial charge in [0.1, 0.15) is 5.75 Å². The van der Waals surface area contributed by atoms with E-state index in [9.17, 15) is 8.42 Å². The Morgan fingerprint density at radius 1 is 0.676 bits per heavy atom. The molecule has 0 aliphatic rings. The Morgan fingerprint density at radius 2 is 1.35 bits per heavy atom. The molecule has 2 aromatic heterocycles. The first kappa shape index (κ1) is 21.4. The molecule has 2 heterocycles. The zero-order valence-corrected chi connectivity index (χ0v) is 18.8. The molecule has 0 atom stereocenters. The van der Waals surface area contributed by atoms with Gasteiger partial charge in [-0.3, -0.25) is 4.72 Å². The summed E-state index contributed by atoms with van der Waals surface area (Å²) in [6, 6.07) is 30.5. The van der Waals surface area contributed by atoms with Crippen LogP contribution in [0.25, 0.3) is 16.9 Å². The molecule has 5 rings (SSSR count). The van der Waals surface area contributed by atoms with Crippen molar-refractivity contribution in [3.05, 3.63) is 116 Å². The number of benzene rings is 3. The van der Waals surface area contributed by atoms with Crippen LogP contribution in [-0.2, 0) is 10.0 Å². The number of hydrogen-bond donors (Lipinski definition) is 1. The first-order valence-corrected chi connectivity index (χ1v) is 12.0. The standard InChI is InChI=1S/C26H20N4O3S/c31-34(32,24-14-8-21(9-15-24)20-6-2-1-3-7-20)29-22-10-12-23(13-11-22)33-26-17-16-25(27-28-26)30-18-4-5-19-30/h1-19,29H. The maximum Gasteiger partial charge on any atom is 0.261 e. The highest BCUT2D eigenvalue weighted by atomic mass is 32.2. The monoisotopic (exact) mass is 468 g/mol. The Hall–Kier alpha value is -4.43. The largest absolute Gasteiger partial charge is 0.438 e. The lowest BCUT2D eigenvalue weighted by Crippen LogP contribution is -2.12. The molecule has 8 heteroatoms. The van der Waals surface area contributed by atoms with Crippen molar-refractivity contribution in [2.24, 2.45) is 0 Å². The van der Waals surface area contributed by atoms with Crippen LogP contribution in [0.5, 0.6) is 11.6 Å². The Balaban J connectivity index is 1.24. The van der Waals surface area contributed by atoms with Gasteiger partial charge in [0.25, 0.3) is 10.0 Å². The quantitative estimate of drug-likeness (QED) is 0.340. The predicted molar refractivity (Wildman–Crippen MR) is 131 cm³/mol. The molecule has 0 unspecified atom stereocenters. The number of nitrogens with one attached hydrogen (secondary N) is 1. The van der Waals surface area contributed by atoms with Crippen molar-refractivity contribution in [3.63, 3.8) is 0 Å². The lowest BCUT2D eigenvalue weighted by atomic mass is 10.1. The Labute approximate surface area is 197 Å². The van der Waals surface area contributed by atoms with Crippen molar-refractivity contribution in [2.45, 2.75) is 4.90 Å². The van der Waals surface area contributed by atoms with Gasteiger partial charge in [-0.05, 0) is 65.7 Å². The number of rotatable bonds is 7. The summed E-state index contributed by atoms with van der Waals surface area (Å²) in [5, 5.41) is 8.21. The normalized spacial score (nSPS) is 11.2. The molecule has 0 spiro atoms. The van der Waals surface area contributed by atoms with Gasteiger partial charge in [-0.2, -0.15) is 0 Å². The van der Waals surface area contributed by atoms with Crippen LogP contribution in [-0.4, -0.2) is 23.2 Å². The first-order valence-electron chi connectivity index (χ1n) is 10.5. The molecule has 0 aliphatic carbocycles. The summed E-state index contributed by atoms with van der Waals surface area (Å²) in [4.78, 5) is 0.186. The van der Waals surface area contributed by atoms with Crippen LogP contribution in [0.1, 0.15) is 0 Å². The van der Waals surface area contributed by atoms with Gasteiger partial charge >= 0.3 is 0 Å². The van der Waals surface area contributed by atoms with Gasteiger partial charge in [-0.1, -0.05) is 42.5 Å². The highest BCUT2D eigenvalue weighted by Gasteiger charge is 2.14. The minimum Gasteiger partial charge on any atom is -0.438 e. The molecular weight excluding hydrogens is 448 g/mol. The smallest absolute Gasteiger partial charge is 0.261 e. The number of aromatic nitrogens is 3. The van der Waals surface area contributed by atoms with E-state index >= 15 is 0 Å². The maximum absolute atomic E-state index is 12.8. The zero-order chi connectivity index (χ0) is 23.4. The van der Waals surface area contributed by atoms with Crippen LogP contribution < -0.4 is 9.46 Å². The van der Waals surface area contributed by atoms with Gasteiger partial charge in [0, 0.05) is 24.1 Å². The van der Waals surface area contributed by atoms with E-state index in [1.807, 2.05) is 59.4 Å². The number of ether oxygens (including phenoxy) is 1. The molecule has 0 saturated carbocycles. The summed E-state index contributed by atoms with van der Waals surface area (Å²) in [6.45, 7) is 0. The summed E-state index contributed by atoms with van der Waals surface area (Å²) in [5.41, 5.74) is 2.40. The van der Waals surface area contributed by atoms with Crippen molar-refractivity contribution in [1.82, 2.24) is 14.8 Å². The molecule has 3 aromatic carbocycles. The average molecular weight is 469 g/mol. The lowest BCUT2D eigenvalue weighted by Gasteiger charge is -2.10. The van der Waals surface area contributed by atoms with Crippen LogP contribution in [0, 0.1) is 0 Å². The molecule has 1 N–H and O–H groups in total. The van der Waals surface area contributed by atoms with E-state index in [1.165, 1.54) is 0 Å². The van der Waals surface area contributed by atoms with E-state index in [0.29, 0.717) is 23.1 Å². The van der Waals surface area contributed by atoms with E-state index in [4.69, 9.17) is 4.74 Å². The van der Waals surface area contributed by atoms with Crippen molar-refractivity contribution < 1.29 is 13.2 Å². The van der Waals surface area contributed by atoms with Crippen LogP contribution in [0.4, 0.5) is 5.69 Å². The number of hydrogen-bond acceptors (Lipinski definition) is 5. The van der Waals surface area contributed by atoms with Gasteiger partial charge in [-0.25, -0.2) is 8.42 Å². The number of nitrogens with zero attached hydrogens (tertiary/aromatic N) is 3. The van der Waals surface area contributed by atoms with Gasteiger partial charge in [-0.15, -0.1) is 10.2 Å². The van der Waals surface area contributed by atoms with Crippen LogP contribution in [0.15, 0.2) is 120 Å². The predicted octanol–water partition coefficient (Wildman–Crippen LogP) is 5.53. The van der Waals surface area contributed by atoms with E-state index < -0.39 is 10.0 Å². The van der Waals surface area contributed by atoms with Gasteiger partial charge in [0.15, 0.2) is 5.82 Å². The second kappa shape index (κ2) is 9.21. The molecular formula is C26H20N4O3S. The SMILES string of the molecule is O=S(=O)(Nc1ccc(Oc2ccc(-n3cccc3)nn2)cc1)c1ccc(-c2ccccc2)cc1. The third-order valence-corrected chi connectivity index (χ3v) is 6.49. The summed E-state index contributed by atoms with van der Waals surface area (Å²) in [5.74, 6) is 1.53. The molecule has 0 bridgehead atoms. The van der Waals surface area contributed by atoms with Gasteiger partial charge < -0.3 is 9.30 Å². The molecule has 5 aromatic rings. The van der Waals surface area contributed by atoms with Crippen molar-refractivity contribution in [2.75, 3.05) is 4.72 Å². The highest BCUT2D eigenvalue weighted by molar-refractivity contribution is 7.92. The fourth-order valence-corrected chi connectivity index (χ4v) is 4.43. The van der Waals surface area contributed by atoms with E-state index in [0.717, 1.165) is 11.1 Å². The number of anilines is 1. The highest BCUT2D eigenvalue weighted by Crippen LogP contribution is 2.25. The van der Waals surface area contributed by atoms with E-state index in [2.05, 4.69) is 14.9 Å². The molecule has 0 aliphatic heterocycles. The summed E-state index contributed by atoms with van der Waals surface area (Å²) < 4.78 is 35.7. The van der Waals surface area contributed by atoms with Crippen LogP contribution >= 0.6 is 0 Å². The van der Waals surface area contributed by atoms with Gasteiger partial charge in [0.2, 0.25) is 5.88 Å². The van der Waals surface area contributed by atoms with Crippen LogP contribution in [0.2, 0.25) is 0 Å². The van der Waals surface area contributed by atoms with E-state index in [-0.39, 0.29) is 4.90 Å². The maximum atomic E-state index is 12.8. The van der Waals surface area contributed by atoms with Crippen molar-refractivity contribution in [1.29, 1.82) is 0 Å². The fourth-order valence-electron chi connectivity index (χ4n) is 3.38. The lowest BCUT2D eigenvalue weighted by molar-refractivity contribution is 0.454. The molecule has 0 radical (unpaired) electrons. The topological polar surface area (TPSA) is 86.1 Å². The summed E-state index contributed by atoms with van der Waals surface area (Å²) in [6.07, 6.45) is 3.75. The molecule has 0 amide bonds. The molecule has 7 nitrogen and oxygen atoms in total. The van der Waals surface area contributed by atoms with Crippen LogP contribution in [0.3, 0.4) is 0 Å².